The van der Waals surface area contributed by atoms with Gasteiger partial charge in [-0.15, -0.1) is 5.11 Å². The monoisotopic (exact) mass is 74.1 g/mol. The SMILES string of the molecule is N=NC=NN.[HH]. The molecule has 0 aliphatic rings. The summed E-state index contributed by atoms with van der Waals surface area (Å²) in [6.45, 7) is 0. The lowest BCUT2D eigenvalue weighted by atomic mass is 11.4. The van der Waals surface area contributed by atoms with Crippen molar-refractivity contribution >= 4 is 6.34 Å². The van der Waals surface area contributed by atoms with Gasteiger partial charge in [0.05, 0.1) is 0 Å². The van der Waals surface area contributed by atoms with E-state index in [0.717, 1.165) is 6.34 Å². The average Bonchev–Trinajstić information content (AvgIpc) is 1.41. The predicted octanol–water partition coefficient (Wildman–Crippen LogP) is 0.165. The van der Waals surface area contributed by atoms with Crippen LogP contribution in [0.15, 0.2) is 10.2 Å². The van der Waals surface area contributed by atoms with E-state index in [9.17, 15) is 0 Å². The summed E-state index contributed by atoms with van der Waals surface area (Å²) < 4.78 is 0. The fraction of sp³-hybridized carbons (Fsp3) is 0. The van der Waals surface area contributed by atoms with E-state index in [4.69, 9.17) is 5.53 Å². The summed E-state index contributed by atoms with van der Waals surface area (Å²) in [5.74, 6) is 4.49. The largest absolute Gasteiger partial charge is 0.322 e. The topological polar surface area (TPSA) is 74.6 Å². The fourth-order valence-corrected chi connectivity index (χ4v) is 0.0333. The highest BCUT2D eigenvalue weighted by Gasteiger charge is 1.43. The van der Waals surface area contributed by atoms with E-state index in [2.05, 4.69) is 16.1 Å². The van der Waals surface area contributed by atoms with Crippen LogP contribution in [0.3, 0.4) is 0 Å². The number of nitrogens with zero attached hydrogens (tertiary/aromatic N) is 2. The first-order valence-corrected chi connectivity index (χ1v) is 0.998. The highest BCUT2D eigenvalue weighted by molar-refractivity contribution is 5.52. The summed E-state index contributed by atoms with van der Waals surface area (Å²) in [6, 6.07) is 0. The fourth-order valence-electron chi connectivity index (χ4n) is 0.0333. The van der Waals surface area contributed by atoms with Gasteiger partial charge in [-0.05, 0) is 0 Å². The Morgan fingerprint density at radius 3 is 2.60 bits per heavy atom. The van der Waals surface area contributed by atoms with E-state index in [-0.39, 0.29) is 1.43 Å². The zero-order valence-electron chi connectivity index (χ0n) is 2.55. The van der Waals surface area contributed by atoms with Crippen molar-refractivity contribution in [2.45, 2.75) is 0 Å². The molecule has 0 aliphatic carbocycles. The second kappa shape index (κ2) is 3.07. The number of hydrazone groups is 1. The van der Waals surface area contributed by atoms with Crippen LogP contribution in [-0.2, 0) is 0 Å². The molecule has 0 aromatic heterocycles. The van der Waals surface area contributed by atoms with E-state index < -0.39 is 0 Å². The van der Waals surface area contributed by atoms with Gasteiger partial charge in [-0.2, -0.15) is 5.10 Å². The van der Waals surface area contributed by atoms with E-state index in [1.54, 1.807) is 0 Å². The Labute approximate surface area is 30.7 Å². The first-order chi connectivity index (χ1) is 2.41. The summed E-state index contributed by atoms with van der Waals surface area (Å²) in [5, 5.41) is 5.56. The average molecular weight is 74.1 g/mol. The second-order valence-electron chi connectivity index (χ2n) is 0.394. The van der Waals surface area contributed by atoms with Crippen LogP contribution in [0.5, 0.6) is 0 Å². The molecule has 3 N–H and O–H groups in total. The Hall–Kier alpha value is -0.930. The van der Waals surface area contributed by atoms with Gasteiger partial charge in [0.15, 0.2) is 6.34 Å². The molecule has 0 saturated carbocycles. The van der Waals surface area contributed by atoms with Gasteiger partial charge >= 0.3 is 0 Å². The lowest BCUT2D eigenvalue weighted by molar-refractivity contribution is 1.17. The van der Waals surface area contributed by atoms with Crippen molar-refractivity contribution in [3.8, 4) is 0 Å². The molecule has 0 unspecified atom stereocenters. The van der Waals surface area contributed by atoms with Crippen molar-refractivity contribution in [1.29, 1.82) is 5.53 Å². The van der Waals surface area contributed by atoms with Gasteiger partial charge in [0.25, 0.3) is 0 Å². The summed E-state index contributed by atoms with van der Waals surface area (Å²) in [4.78, 5) is 0. The maximum Gasteiger partial charge on any atom is 0.156 e. The molecule has 0 aliphatic heterocycles. The molecule has 0 spiro atoms. The third kappa shape index (κ3) is 3.07. The Balaban J connectivity index is 0. The number of nitrogens with one attached hydrogen (secondary N) is 1. The zero-order chi connectivity index (χ0) is 4.12. The molecule has 4 nitrogen and oxygen atoms in total. The minimum atomic E-state index is 0. The van der Waals surface area contributed by atoms with E-state index in [1.807, 2.05) is 0 Å². The molecule has 0 aromatic rings. The number of hydrogen-bond donors (Lipinski definition) is 2. The molecule has 5 heavy (non-hydrogen) atoms. The normalized spacial score (nSPS) is 8.80. The third-order valence-corrected chi connectivity index (χ3v) is 0.124. The molecular formula is CH6N4. The molecule has 0 atom stereocenters. The molecule has 0 rings (SSSR count). The molecule has 30 valence electrons. The van der Waals surface area contributed by atoms with Gasteiger partial charge in [-0.1, -0.05) is 0 Å². The van der Waals surface area contributed by atoms with Crippen molar-refractivity contribution in [2.75, 3.05) is 0 Å². The van der Waals surface area contributed by atoms with Gasteiger partial charge in [-0.25, -0.2) is 5.53 Å². The van der Waals surface area contributed by atoms with Gasteiger partial charge in [0.1, 0.15) is 0 Å². The van der Waals surface area contributed by atoms with Gasteiger partial charge in [0.2, 0.25) is 0 Å². The highest BCUT2D eigenvalue weighted by Crippen LogP contribution is 1.44. The first kappa shape index (κ1) is 4.07. The molecule has 0 fully saturated rings. The van der Waals surface area contributed by atoms with Gasteiger partial charge in [-0.3, -0.25) is 0 Å². The summed E-state index contributed by atoms with van der Waals surface area (Å²) in [6.07, 6.45) is 0.944. The molecule has 0 bridgehead atoms. The standard InChI is InChI=1S/CH4N4.H2/c2-4-1-5-3;/h1-2H,3H2;1H. The lowest BCUT2D eigenvalue weighted by Gasteiger charge is -1.58. The van der Waals surface area contributed by atoms with Gasteiger partial charge in [0, 0.05) is 1.43 Å². The molecule has 4 heteroatoms. The molecule has 0 saturated heterocycles. The van der Waals surface area contributed by atoms with Crippen LogP contribution in [0.2, 0.25) is 0 Å². The molecule has 0 radical (unpaired) electrons. The van der Waals surface area contributed by atoms with Crippen LogP contribution in [0.25, 0.3) is 0 Å². The molecule has 0 heterocycles. The summed E-state index contributed by atoms with van der Waals surface area (Å²) in [5.41, 5.74) is 6.00. The van der Waals surface area contributed by atoms with E-state index in [0.29, 0.717) is 0 Å². The lowest BCUT2D eigenvalue weighted by Crippen LogP contribution is -1.75. The highest BCUT2D eigenvalue weighted by atomic mass is 15.2. The Morgan fingerprint density at radius 1 is 2.00 bits per heavy atom. The number of nitrogens with two attached hydrogens (primary N) is 1. The van der Waals surface area contributed by atoms with Crippen molar-refractivity contribution in [1.82, 2.24) is 0 Å². The summed E-state index contributed by atoms with van der Waals surface area (Å²) in [7, 11) is 0. The van der Waals surface area contributed by atoms with Crippen molar-refractivity contribution < 1.29 is 1.43 Å². The molecule has 0 aromatic carbocycles. The van der Waals surface area contributed by atoms with E-state index in [1.165, 1.54) is 0 Å². The van der Waals surface area contributed by atoms with Crippen molar-refractivity contribution in [3.05, 3.63) is 0 Å². The van der Waals surface area contributed by atoms with Crippen LogP contribution >= 0.6 is 0 Å². The van der Waals surface area contributed by atoms with Crippen LogP contribution in [-0.4, -0.2) is 6.34 Å². The number of hydrogen-bond acceptors (Lipinski definition) is 3. The first-order valence-electron chi connectivity index (χ1n) is 0.998. The summed E-state index contributed by atoms with van der Waals surface area (Å²) >= 11 is 0. The quantitative estimate of drug-likeness (QED) is 0.150. The van der Waals surface area contributed by atoms with Crippen LogP contribution < -0.4 is 5.84 Å². The van der Waals surface area contributed by atoms with Crippen LogP contribution in [0.1, 0.15) is 1.43 Å². The minimum absolute atomic E-state index is 0. The van der Waals surface area contributed by atoms with Crippen molar-refractivity contribution in [3.63, 3.8) is 0 Å². The van der Waals surface area contributed by atoms with Crippen LogP contribution in [0, 0.1) is 5.53 Å². The maximum absolute atomic E-state index is 6.00. The number of rotatable bonds is 1. The van der Waals surface area contributed by atoms with Crippen LogP contribution in [0.4, 0.5) is 0 Å². The smallest absolute Gasteiger partial charge is 0.156 e. The third-order valence-electron chi connectivity index (χ3n) is 0.124. The van der Waals surface area contributed by atoms with Gasteiger partial charge < -0.3 is 5.84 Å². The maximum atomic E-state index is 6.00. The van der Waals surface area contributed by atoms with Crippen molar-refractivity contribution in [2.24, 2.45) is 16.1 Å². The Morgan fingerprint density at radius 2 is 2.60 bits per heavy atom. The zero-order valence-corrected chi connectivity index (χ0v) is 2.55. The Bertz CT molecular complexity index is 49.5. The minimum Gasteiger partial charge on any atom is -0.322 e. The predicted molar refractivity (Wildman–Crippen MR) is 19.9 cm³/mol. The Kier molecular flexibility index (Phi) is 2.50. The van der Waals surface area contributed by atoms with E-state index >= 15 is 0 Å². The molecule has 0 amide bonds. The second-order valence-corrected chi connectivity index (χ2v) is 0.394. The molecular weight excluding hydrogens is 68.0 g/mol.